The van der Waals surface area contributed by atoms with Crippen LogP contribution in [0, 0.1) is 12.8 Å². The molecule has 0 spiro atoms. The van der Waals surface area contributed by atoms with Crippen LogP contribution in [0.25, 0.3) is 0 Å². The molecule has 3 atom stereocenters. The third-order valence-corrected chi connectivity index (χ3v) is 5.49. The molecule has 2 fully saturated rings. The Balaban J connectivity index is 0.00000243. The van der Waals surface area contributed by atoms with Crippen molar-refractivity contribution in [3.8, 4) is 0 Å². The number of anilines is 1. The second-order valence-corrected chi connectivity index (χ2v) is 7.22. The number of ether oxygens (including phenoxy) is 1. The average molecular weight is 383 g/mol. The maximum atomic E-state index is 12.8. The van der Waals surface area contributed by atoms with Gasteiger partial charge in [0.15, 0.2) is 0 Å². The van der Waals surface area contributed by atoms with Crippen LogP contribution in [-0.4, -0.2) is 43.2 Å². The molecule has 3 rings (SSSR count). The summed E-state index contributed by atoms with van der Waals surface area (Å²) >= 11 is 0. The van der Waals surface area contributed by atoms with E-state index >= 15 is 0 Å². The van der Waals surface area contributed by atoms with Crippen LogP contribution in [0.1, 0.15) is 43.5 Å². The van der Waals surface area contributed by atoms with Crippen molar-refractivity contribution in [2.75, 3.05) is 25.2 Å². The molecule has 2 aliphatic rings. The third-order valence-electron chi connectivity index (χ3n) is 5.49. The molecule has 6 nitrogen and oxygen atoms in total. The summed E-state index contributed by atoms with van der Waals surface area (Å²) in [7, 11) is 1.65. The second kappa shape index (κ2) is 9.53. The van der Waals surface area contributed by atoms with Crippen LogP contribution in [0.15, 0.2) is 12.1 Å². The maximum absolute atomic E-state index is 12.8. The number of fused-ring (bicyclic) bond motifs is 1. The summed E-state index contributed by atoms with van der Waals surface area (Å²) in [4.78, 5) is 19.7. The highest BCUT2D eigenvalue weighted by molar-refractivity contribution is 5.86. The number of nitrogens with two attached hydrogens (primary N) is 1. The molecule has 1 aromatic heterocycles. The topological polar surface area (TPSA) is 80.5 Å². The number of aromatic nitrogens is 1. The van der Waals surface area contributed by atoms with E-state index in [-0.39, 0.29) is 24.4 Å². The van der Waals surface area contributed by atoms with Crippen molar-refractivity contribution in [2.24, 2.45) is 11.7 Å². The third kappa shape index (κ3) is 4.48. The summed E-state index contributed by atoms with van der Waals surface area (Å²) in [6, 6.07) is 4.47. The molecule has 0 unspecified atom stereocenters. The van der Waals surface area contributed by atoms with E-state index in [4.69, 9.17) is 10.5 Å². The van der Waals surface area contributed by atoms with Crippen molar-refractivity contribution < 1.29 is 9.53 Å². The van der Waals surface area contributed by atoms with Gasteiger partial charge in [-0.05, 0) is 44.2 Å². The van der Waals surface area contributed by atoms with Gasteiger partial charge in [0.1, 0.15) is 6.04 Å². The molecule has 0 radical (unpaired) electrons. The van der Waals surface area contributed by atoms with Crippen molar-refractivity contribution in [3.05, 3.63) is 23.5 Å². The minimum Gasteiger partial charge on any atom is -0.383 e. The van der Waals surface area contributed by atoms with E-state index in [9.17, 15) is 4.79 Å². The number of pyridine rings is 1. The van der Waals surface area contributed by atoms with Crippen molar-refractivity contribution in [3.63, 3.8) is 0 Å². The van der Waals surface area contributed by atoms with Gasteiger partial charge in [0, 0.05) is 37.6 Å². The summed E-state index contributed by atoms with van der Waals surface area (Å²) in [5.74, 6) is 0.705. The lowest BCUT2D eigenvalue weighted by molar-refractivity contribution is -0.122. The Morgan fingerprint density at radius 2 is 2.15 bits per heavy atom. The molecule has 146 valence electrons. The molecule has 1 saturated carbocycles. The Kier molecular flexibility index (Phi) is 7.68. The lowest BCUT2D eigenvalue weighted by Gasteiger charge is -2.35. The van der Waals surface area contributed by atoms with Gasteiger partial charge in [0.2, 0.25) is 5.91 Å². The van der Waals surface area contributed by atoms with E-state index in [1.165, 1.54) is 19.3 Å². The van der Waals surface area contributed by atoms with E-state index < -0.39 is 0 Å². The van der Waals surface area contributed by atoms with E-state index in [0.717, 1.165) is 29.9 Å². The second-order valence-electron chi connectivity index (χ2n) is 7.22. The summed E-state index contributed by atoms with van der Waals surface area (Å²) < 4.78 is 5.06. The van der Waals surface area contributed by atoms with Gasteiger partial charge in [-0.1, -0.05) is 12.8 Å². The average Bonchev–Trinajstić information content (AvgIpc) is 3.01. The van der Waals surface area contributed by atoms with Gasteiger partial charge < -0.3 is 20.7 Å². The molecule has 2 heterocycles. The minimum atomic E-state index is -0.114. The lowest BCUT2D eigenvalue weighted by Crippen LogP contribution is -2.47. The Bertz CT molecular complexity index is 613. The van der Waals surface area contributed by atoms with Gasteiger partial charge in [-0.3, -0.25) is 9.78 Å². The zero-order valence-corrected chi connectivity index (χ0v) is 16.6. The van der Waals surface area contributed by atoms with Gasteiger partial charge >= 0.3 is 0 Å². The summed E-state index contributed by atoms with van der Waals surface area (Å²) in [6.07, 6.45) is 5.82. The molecule has 1 saturated heterocycles. The highest BCUT2D eigenvalue weighted by Crippen LogP contribution is 2.42. The van der Waals surface area contributed by atoms with Crippen LogP contribution in [0.5, 0.6) is 0 Å². The number of carbonyl (C=O) groups is 1. The van der Waals surface area contributed by atoms with Crippen molar-refractivity contribution in [2.45, 2.75) is 57.7 Å². The number of carbonyl (C=O) groups excluding carboxylic acids is 1. The number of nitrogens with one attached hydrogen (secondary N) is 1. The van der Waals surface area contributed by atoms with Gasteiger partial charge in [-0.15, -0.1) is 12.4 Å². The zero-order chi connectivity index (χ0) is 17.8. The number of aryl methyl sites for hydroxylation is 1. The van der Waals surface area contributed by atoms with Crippen LogP contribution < -0.4 is 16.0 Å². The van der Waals surface area contributed by atoms with Crippen molar-refractivity contribution >= 4 is 24.0 Å². The molecule has 7 heteroatoms. The van der Waals surface area contributed by atoms with E-state index in [0.29, 0.717) is 31.7 Å². The lowest BCUT2D eigenvalue weighted by atomic mass is 9.84. The highest BCUT2D eigenvalue weighted by atomic mass is 35.5. The largest absolute Gasteiger partial charge is 0.383 e. The van der Waals surface area contributed by atoms with Crippen LogP contribution in [0.3, 0.4) is 0 Å². The molecule has 26 heavy (non-hydrogen) atoms. The van der Waals surface area contributed by atoms with Gasteiger partial charge in [0.25, 0.3) is 0 Å². The highest BCUT2D eigenvalue weighted by Gasteiger charge is 2.45. The molecule has 1 aromatic rings. The summed E-state index contributed by atoms with van der Waals surface area (Å²) in [5.41, 5.74) is 8.75. The van der Waals surface area contributed by atoms with E-state index in [1.807, 2.05) is 6.92 Å². The zero-order valence-electron chi connectivity index (χ0n) is 15.7. The van der Waals surface area contributed by atoms with E-state index in [2.05, 4.69) is 27.3 Å². The molecule has 1 amide bonds. The minimum absolute atomic E-state index is 0. The molecular weight excluding hydrogens is 352 g/mol. The summed E-state index contributed by atoms with van der Waals surface area (Å²) in [5, 5.41) is 3.03. The van der Waals surface area contributed by atoms with Crippen LogP contribution >= 0.6 is 12.4 Å². The molecule has 3 N–H and O–H groups in total. The first-order chi connectivity index (χ1) is 12.1. The predicted molar refractivity (Wildman–Crippen MR) is 106 cm³/mol. The van der Waals surface area contributed by atoms with Gasteiger partial charge in [-0.2, -0.15) is 0 Å². The fourth-order valence-corrected chi connectivity index (χ4v) is 4.43. The van der Waals surface area contributed by atoms with Crippen molar-refractivity contribution in [1.82, 2.24) is 10.3 Å². The molecule has 0 aromatic carbocycles. The normalized spacial score (nSPS) is 24.7. The fourth-order valence-electron chi connectivity index (χ4n) is 4.43. The first kappa shape index (κ1) is 20.9. The first-order valence-electron chi connectivity index (χ1n) is 9.36. The van der Waals surface area contributed by atoms with E-state index in [1.54, 1.807) is 7.11 Å². The monoisotopic (exact) mass is 382 g/mol. The molecule has 1 aliphatic heterocycles. The number of rotatable bonds is 6. The number of halogens is 1. The summed E-state index contributed by atoms with van der Waals surface area (Å²) in [6.45, 7) is 3.50. The molecule has 0 bridgehead atoms. The smallest absolute Gasteiger partial charge is 0.242 e. The SMILES string of the molecule is COCCNC(=O)[C@@H]1C[C@@H]2CCCC[C@@H]2N1c1cc(C)nc(CN)c1.Cl. The van der Waals surface area contributed by atoms with Crippen LogP contribution in [-0.2, 0) is 16.1 Å². The maximum Gasteiger partial charge on any atom is 0.242 e. The van der Waals surface area contributed by atoms with Crippen LogP contribution in [0.4, 0.5) is 5.69 Å². The van der Waals surface area contributed by atoms with Crippen LogP contribution in [0.2, 0.25) is 0 Å². The van der Waals surface area contributed by atoms with Crippen molar-refractivity contribution in [1.29, 1.82) is 0 Å². The predicted octanol–water partition coefficient (Wildman–Crippen LogP) is 2.17. The Hall–Kier alpha value is -1.37. The molecule has 1 aliphatic carbocycles. The number of hydrogen-bond acceptors (Lipinski definition) is 5. The number of methoxy groups -OCH3 is 1. The quantitative estimate of drug-likeness (QED) is 0.737. The fraction of sp³-hybridized carbons (Fsp3) is 0.684. The Labute approximate surface area is 162 Å². The Morgan fingerprint density at radius 3 is 2.88 bits per heavy atom. The number of nitrogens with zero attached hydrogens (tertiary/aromatic N) is 2. The number of amides is 1. The van der Waals surface area contributed by atoms with Gasteiger partial charge in [-0.25, -0.2) is 0 Å². The number of hydrogen-bond donors (Lipinski definition) is 2. The first-order valence-corrected chi connectivity index (χ1v) is 9.36. The standard InChI is InChI=1S/C19H30N4O2.ClH/c1-13-9-16(11-15(12-20)22-13)23-17-6-4-3-5-14(17)10-18(23)19(24)21-7-8-25-2;/h9,11,14,17-18H,3-8,10,12,20H2,1-2H3,(H,21,24);1H/t14-,17-,18-;/m0./s1. The molecular formula is C19H31ClN4O2. The van der Waals surface area contributed by atoms with Gasteiger partial charge in [0.05, 0.1) is 12.3 Å². The Morgan fingerprint density at radius 1 is 1.38 bits per heavy atom.